The van der Waals surface area contributed by atoms with Crippen molar-refractivity contribution in [1.29, 1.82) is 0 Å². The first-order chi connectivity index (χ1) is 10.4. The van der Waals surface area contributed by atoms with Crippen molar-refractivity contribution < 1.29 is 13.2 Å². The van der Waals surface area contributed by atoms with E-state index in [0.717, 1.165) is 39.0 Å². The molecule has 0 saturated carbocycles. The summed E-state index contributed by atoms with van der Waals surface area (Å²) in [5.41, 5.74) is 0. The van der Waals surface area contributed by atoms with Crippen molar-refractivity contribution >= 4 is 15.7 Å². The minimum absolute atomic E-state index is 0.274. The van der Waals surface area contributed by atoms with Crippen LogP contribution in [-0.4, -0.2) is 67.3 Å². The molecule has 2 saturated heterocycles. The molecule has 2 fully saturated rings. The number of likely N-dealkylation sites (tertiary alicyclic amines) is 2. The second-order valence-electron chi connectivity index (χ2n) is 6.90. The van der Waals surface area contributed by atoms with Gasteiger partial charge < -0.3 is 4.90 Å². The van der Waals surface area contributed by atoms with Gasteiger partial charge in [0, 0.05) is 25.6 Å². The van der Waals surface area contributed by atoms with Crippen molar-refractivity contribution in [3.05, 3.63) is 0 Å². The standard InChI is InChI=1S/C16H30N2O3S/c1-14(2)22(20,21)12-6-11-17-9-4-3-7-15(17)13-18-10-5-8-16(18)19/h14-15H,3-13H2,1-2H3/t15-/m1/s1. The van der Waals surface area contributed by atoms with Crippen LogP contribution in [0, 0.1) is 0 Å². The van der Waals surface area contributed by atoms with Gasteiger partial charge in [0.1, 0.15) is 0 Å². The summed E-state index contributed by atoms with van der Waals surface area (Å²) in [5.74, 6) is 0.559. The molecule has 5 nitrogen and oxygen atoms in total. The highest BCUT2D eigenvalue weighted by Gasteiger charge is 2.28. The van der Waals surface area contributed by atoms with Gasteiger partial charge in [-0.1, -0.05) is 6.42 Å². The summed E-state index contributed by atoms with van der Waals surface area (Å²) in [7, 11) is -2.94. The van der Waals surface area contributed by atoms with Crippen LogP contribution in [0.3, 0.4) is 0 Å². The molecule has 0 spiro atoms. The van der Waals surface area contributed by atoms with Crippen molar-refractivity contribution in [3.8, 4) is 0 Å². The topological polar surface area (TPSA) is 57.7 Å². The van der Waals surface area contributed by atoms with Crippen molar-refractivity contribution in [2.24, 2.45) is 0 Å². The van der Waals surface area contributed by atoms with E-state index in [4.69, 9.17) is 0 Å². The molecule has 0 N–H and O–H groups in total. The third-order valence-electron chi connectivity index (χ3n) is 4.94. The molecule has 0 unspecified atom stereocenters. The predicted molar refractivity (Wildman–Crippen MR) is 88.6 cm³/mol. The molecule has 2 aliphatic rings. The highest BCUT2D eigenvalue weighted by Crippen LogP contribution is 2.21. The summed E-state index contributed by atoms with van der Waals surface area (Å²) < 4.78 is 23.8. The molecule has 0 aromatic rings. The van der Waals surface area contributed by atoms with Gasteiger partial charge in [-0.15, -0.1) is 0 Å². The van der Waals surface area contributed by atoms with E-state index in [1.54, 1.807) is 13.8 Å². The molecule has 1 atom stereocenters. The first-order valence-electron chi connectivity index (χ1n) is 8.63. The van der Waals surface area contributed by atoms with E-state index in [-0.39, 0.29) is 16.9 Å². The lowest BCUT2D eigenvalue weighted by atomic mass is 10.0. The summed E-state index contributed by atoms with van der Waals surface area (Å²) in [6.07, 6.45) is 5.90. The number of carbonyl (C=O) groups excluding carboxylic acids is 1. The van der Waals surface area contributed by atoms with Crippen molar-refractivity contribution in [2.45, 2.75) is 63.7 Å². The number of piperidine rings is 1. The monoisotopic (exact) mass is 330 g/mol. The molecule has 2 rings (SSSR count). The fourth-order valence-electron chi connectivity index (χ4n) is 3.42. The lowest BCUT2D eigenvalue weighted by Crippen LogP contribution is -2.47. The Hall–Kier alpha value is -0.620. The minimum atomic E-state index is -2.94. The molecule has 6 heteroatoms. The average molecular weight is 330 g/mol. The summed E-state index contributed by atoms with van der Waals surface area (Å²) in [5, 5.41) is -0.285. The summed E-state index contributed by atoms with van der Waals surface area (Å²) in [6, 6.07) is 0.414. The summed E-state index contributed by atoms with van der Waals surface area (Å²) in [6.45, 7) is 7.09. The zero-order valence-corrected chi connectivity index (χ0v) is 14.8. The van der Waals surface area contributed by atoms with Gasteiger partial charge in [-0.2, -0.15) is 0 Å². The molecule has 0 aromatic carbocycles. The number of hydrogen-bond donors (Lipinski definition) is 0. The Morgan fingerprint density at radius 1 is 1.18 bits per heavy atom. The fraction of sp³-hybridized carbons (Fsp3) is 0.938. The normalized spacial score (nSPS) is 24.4. The molecule has 0 bridgehead atoms. The van der Waals surface area contributed by atoms with Crippen LogP contribution in [0.2, 0.25) is 0 Å². The maximum atomic E-state index is 11.9. The highest BCUT2D eigenvalue weighted by atomic mass is 32.2. The number of sulfone groups is 1. The van der Waals surface area contributed by atoms with E-state index in [2.05, 4.69) is 4.90 Å². The molecular weight excluding hydrogens is 300 g/mol. The van der Waals surface area contributed by atoms with Crippen LogP contribution in [-0.2, 0) is 14.6 Å². The average Bonchev–Trinajstić information content (AvgIpc) is 2.86. The summed E-state index contributed by atoms with van der Waals surface area (Å²) >= 11 is 0. The first kappa shape index (κ1) is 17.7. The SMILES string of the molecule is CC(C)S(=O)(=O)CCCN1CCCC[C@@H]1CN1CCCC1=O. The van der Waals surface area contributed by atoms with Crippen LogP contribution in [0.5, 0.6) is 0 Å². The molecule has 0 radical (unpaired) electrons. The Bertz CT molecular complexity index is 476. The molecule has 2 aliphatic heterocycles. The fourth-order valence-corrected chi connectivity index (χ4v) is 4.42. The van der Waals surface area contributed by atoms with Gasteiger partial charge in [0.25, 0.3) is 0 Å². The van der Waals surface area contributed by atoms with Gasteiger partial charge in [-0.25, -0.2) is 8.42 Å². The Labute approximate surface area is 135 Å². The van der Waals surface area contributed by atoms with E-state index in [0.29, 0.717) is 18.9 Å². The molecule has 0 aromatic heterocycles. The van der Waals surface area contributed by atoms with Gasteiger partial charge in [-0.3, -0.25) is 9.69 Å². The summed E-state index contributed by atoms with van der Waals surface area (Å²) in [4.78, 5) is 16.2. The van der Waals surface area contributed by atoms with Crippen LogP contribution >= 0.6 is 0 Å². The van der Waals surface area contributed by atoms with E-state index in [1.165, 1.54) is 12.8 Å². The van der Waals surface area contributed by atoms with Crippen LogP contribution in [0.1, 0.15) is 52.4 Å². The second kappa shape index (κ2) is 7.77. The number of rotatable bonds is 7. The zero-order chi connectivity index (χ0) is 16.2. The third kappa shape index (κ3) is 4.69. The van der Waals surface area contributed by atoms with E-state index < -0.39 is 9.84 Å². The van der Waals surface area contributed by atoms with Gasteiger partial charge in [0.2, 0.25) is 5.91 Å². The largest absolute Gasteiger partial charge is 0.341 e. The van der Waals surface area contributed by atoms with Crippen molar-refractivity contribution in [1.82, 2.24) is 9.80 Å². The Balaban J connectivity index is 1.83. The lowest BCUT2D eigenvalue weighted by molar-refractivity contribution is -0.128. The minimum Gasteiger partial charge on any atom is -0.341 e. The predicted octanol–water partition coefficient (Wildman–Crippen LogP) is 1.68. The van der Waals surface area contributed by atoms with E-state index in [9.17, 15) is 13.2 Å². The van der Waals surface area contributed by atoms with Crippen LogP contribution in [0.25, 0.3) is 0 Å². The van der Waals surface area contributed by atoms with Crippen LogP contribution in [0.15, 0.2) is 0 Å². The highest BCUT2D eigenvalue weighted by molar-refractivity contribution is 7.91. The van der Waals surface area contributed by atoms with Gasteiger partial charge in [0.15, 0.2) is 9.84 Å². The zero-order valence-electron chi connectivity index (χ0n) is 14.0. The molecule has 128 valence electrons. The number of amides is 1. The van der Waals surface area contributed by atoms with E-state index in [1.807, 2.05) is 4.90 Å². The van der Waals surface area contributed by atoms with Crippen molar-refractivity contribution in [3.63, 3.8) is 0 Å². The van der Waals surface area contributed by atoms with Crippen LogP contribution in [0.4, 0.5) is 0 Å². The molecule has 2 heterocycles. The Morgan fingerprint density at radius 3 is 2.59 bits per heavy atom. The third-order valence-corrected chi connectivity index (χ3v) is 7.24. The number of carbonyl (C=O) groups is 1. The molecule has 0 aliphatic carbocycles. The van der Waals surface area contributed by atoms with E-state index >= 15 is 0 Å². The number of nitrogens with zero attached hydrogens (tertiary/aromatic N) is 2. The Morgan fingerprint density at radius 2 is 1.95 bits per heavy atom. The van der Waals surface area contributed by atoms with Gasteiger partial charge in [0.05, 0.1) is 11.0 Å². The quantitative estimate of drug-likeness (QED) is 0.712. The van der Waals surface area contributed by atoms with Gasteiger partial charge >= 0.3 is 0 Å². The van der Waals surface area contributed by atoms with Gasteiger partial charge in [-0.05, 0) is 52.6 Å². The smallest absolute Gasteiger partial charge is 0.222 e. The van der Waals surface area contributed by atoms with Crippen LogP contribution < -0.4 is 0 Å². The Kier molecular flexibility index (Phi) is 6.26. The molecule has 22 heavy (non-hydrogen) atoms. The molecular formula is C16H30N2O3S. The maximum absolute atomic E-state index is 11.9. The molecule has 1 amide bonds. The number of hydrogen-bond acceptors (Lipinski definition) is 4. The van der Waals surface area contributed by atoms with Crippen molar-refractivity contribution in [2.75, 3.05) is 31.9 Å². The maximum Gasteiger partial charge on any atom is 0.222 e. The first-order valence-corrected chi connectivity index (χ1v) is 10.3. The lowest BCUT2D eigenvalue weighted by Gasteiger charge is -2.37. The second-order valence-corrected chi connectivity index (χ2v) is 9.57.